The van der Waals surface area contributed by atoms with Crippen LogP contribution >= 0.6 is 11.3 Å². The fourth-order valence-corrected chi connectivity index (χ4v) is 5.59. The zero-order valence-electron chi connectivity index (χ0n) is 15.0. The summed E-state index contributed by atoms with van der Waals surface area (Å²) in [7, 11) is 0. The van der Waals surface area contributed by atoms with Crippen LogP contribution < -0.4 is 4.90 Å². The van der Waals surface area contributed by atoms with Gasteiger partial charge in [-0.1, -0.05) is 29.4 Å². The van der Waals surface area contributed by atoms with Gasteiger partial charge in [0.2, 0.25) is 5.89 Å². The molecule has 136 valence electrons. The van der Waals surface area contributed by atoms with Crippen molar-refractivity contribution < 1.29 is 4.42 Å². The number of anilines is 1. The Hall–Kier alpha value is -2.44. The van der Waals surface area contributed by atoms with E-state index in [0.717, 1.165) is 18.7 Å². The predicted octanol–water partition coefficient (Wildman–Crippen LogP) is 4.39. The summed E-state index contributed by atoms with van der Waals surface area (Å²) in [4.78, 5) is 4.85. The average molecular weight is 376 g/mol. The minimum absolute atomic E-state index is 0.530. The largest absolute Gasteiger partial charge is 0.403 e. The standard InChI is InChI=1S/C21H20N4OS/c1-2-4-18-16(3-1)17-6-5-14(13-19(17)27-18)20-22-23-21(26-20)25-12-11-24-9-7-15(25)8-10-24/h1-6,13,15H,7-12H2. The molecule has 0 radical (unpaired) electrons. The summed E-state index contributed by atoms with van der Waals surface area (Å²) in [5.41, 5.74) is 0.996. The molecule has 2 aromatic heterocycles. The minimum Gasteiger partial charge on any atom is -0.403 e. The van der Waals surface area contributed by atoms with Gasteiger partial charge in [-0.15, -0.1) is 16.4 Å². The highest BCUT2D eigenvalue weighted by molar-refractivity contribution is 7.25. The van der Waals surface area contributed by atoms with E-state index in [2.05, 4.69) is 62.5 Å². The maximum absolute atomic E-state index is 6.13. The number of thiophene rings is 1. The van der Waals surface area contributed by atoms with Crippen molar-refractivity contribution in [2.45, 2.75) is 18.9 Å². The lowest BCUT2D eigenvalue weighted by molar-refractivity contribution is 0.249. The Labute approximate surface area is 161 Å². The molecule has 27 heavy (non-hydrogen) atoms. The van der Waals surface area contributed by atoms with E-state index in [1.807, 2.05) is 11.3 Å². The van der Waals surface area contributed by atoms with Gasteiger partial charge in [0, 0.05) is 58.0 Å². The first-order valence-electron chi connectivity index (χ1n) is 9.59. The highest BCUT2D eigenvalue weighted by Crippen LogP contribution is 2.36. The van der Waals surface area contributed by atoms with Gasteiger partial charge < -0.3 is 14.2 Å². The summed E-state index contributed by atoms with van der Waals surface area (Å²) in [6.07, 6.45) is 2.37. The van der Waals surface area contributed by atoms with Crippen LogP contribution in [0.1, 0.15) is 12.8 Å². The topological polar surface area (TPSA) is 45.4 Å². The van der Waals surface area contributed by atoms with E-state index in [4.69, 9.17) is 4.42 Å². The van der Waals surface area contributed by atoms with E-state index >= 15 is 0 Å². The Balaban J connectivity index is 1.37. The first-order valence-corrected chi connectivity index (χ1v) is 10.4. The quantitative estimate of drug-likeness (QED) is 0.519. The number of nitrogens with zero attached hydrogens (tertiary/aromatic N) is 4. The van der Waals surface area contributed by atoms with E-state index < -0.39 is 0 Å². The average Bonchev–Trinajstić information content (AvgIpc) is 3.23. The van der Waals surface area contributed by atoms with Crippen molar-refractivity contribution in [3.05, 3.63) is 42.5 Å². The number of fused-ring (bicyclic) bond motifs is 7. The number of hydrogen-bond donors (Lipinski definition) is 0. The highest BCUT2D eigenvalue weighted by Gasteiger charge is 2.31. The van der Waals surface area contributed by atoms with Gasteiger partial charge in [0.05, 0.1) is 0 Å². The number of piperidine rings is 1. The molecule has 0 amide bonds. The normalized spacial score (nSPS) is 22.6. The van der Waals surface area contributed by atoms with Crippen LogP contribution in [0.4, 0.5) is 6.01 Å². The van der Waals surface area contributed by atoms with Gasteiger partial charge in [-0.2, -0.15) is 0 Å². The smallest absolute Gasteiger partial charge is 0.318 e. The lowest BCUT2D eigenvalue weighted by Crippen LogP contribution is -2.38. The molecule has 2 bridgehead atoms. The number of aromatic nitrogens is 2. The van der Waals surface area contributed by atoms with E-state index in [0.29, 0.717) is 17.9 Å². The fraction of sp³-hybridized carbons (Fsp3) is 0.333. The molecule has 0 saturated carbocycles. The lowest BCUT2D eigenvalue weighted by atomic mass is 10.1. The van der Waals surface area contributed by atoms with Crippen LogP contribution in [-0.2, 0) is 0 Å². The Morgan fingerprint density at radius 3 is 2.67 bits per heavy atom. The van der Waals surface area contributed by atoms with Gasteiger partial charge in [0.25, 0.3) is 0 Å². The van der Waals surface area contributed by atoms with Crippen LogP contribution in [0.3, 0.4) is 0 Å². The molecule has 4 aromatic rings. The van der Waals surface area contributed by atoms with Crippen LogP contribution in [0.25, 0.3) is 31.6 Å². The van der Waals surface area contributed by atoms with Crippen LogP contribution in [0.2, 0.25) is 0 Å². The van der Waals surface area contributed by atoms with E-state index in [-0.39, 0.29) is 0 Å². The fourth-order valence-electron chi connectivity index (χ4n) is 4.45. The lowest BCUT2D eigenvalue weighted by Gasteiger charge is -2.29. The summed E-state index contributed by atoms with van der Waals surface area (Å²) >= 11 is 1.81. The molecule has 3 aliphatic heterocycles. The van der Waals surface area contributed by atoms with Crippen LogP contribution in [0.5, 0.6) is 0 Å². The molecular formula is C21H20N4OS. The third-order valence-electron chi connectivity index (χ3n) is 5.94. The summed E-state index contributed by atoms with van der Waals surface area (Å²) in [6, 6.07) is 16.2. The van der Waals surface area contributed by atoms with Crippen LogP contribution in [0, 0.1) is 0 Å². The summed E-state index contributed by atoms with van der Waals surface area (Å²) < 4.78 is 8.70. The second-order valence-corrected chi connectivity index (χ2v) is 8.55. The van der Waals surface area contributed by atoms with Crippen molar-refractivity contribution >= 4 is 37.5 Å². The van der Waals surface area contributed by atoms with Gasteiger partial charge in [-0.25, -0.2) is 0 Å². The monoisotopic (exact) mass is 376 g/mol. The summed E-state index contributed by atoms with van der Waals surface area (Å²) in [5.74, 6) is 0.614. The van der Waals surface area contributed by atoms with Crippen molar-refractivity contribution in [2.75, 3.05) is 31.1 Å². The Morgan fingerprint density at radius 2 is 1.74 bits per heavy atom. The van der Waals surface area contributed by atoms with Gasteiger partial charge in [-0.3, -0.25) is 0 Å². The second kappa shape index (κ2) is 6.04. The van der Waals surface area contributed by atoms with E-state index in [9.17, 15) is 0 Å². The number of rotatable bonds is 2. The molecule has 3 aliphatic rings. The first-order chi connectivity index (χ1) is 13.3. The molecule has 5 nitrogen and oxygen atoms in total. The third kappa shape index (κ3) is 2.55. The molecule has 0 aliphatic carbocycles. The van der Waals surface area contributed by atoms with E-state index in [1.165, 1.54) is 46.1 Å². The van der Waals surface area contributed by atoms with Crippen LogP contribution in [0.15, 0.2) is 46.9 Å². The molecule has 2 aromatic carbocycles. The van der Waals surface area contributed by atoms with Crippen molar-refractivity contribution in [3.8, 4) is 11.5 Å². The zero-order valence-corrected chi connectivity index (χ0v) is 15.8. The molecule has 0 unspecified atom stereocenters. The molecule has 3 saturated heterocycles. The SMILES string of the molecule is c1ccc2c(c1)sc1cc(-c3nnc(N4CCN5CCC4CC5)o3)ccc12. The molecule has 3 fully saturated rings. The molecule has 0 N–H and O–H groups in total. The number of hydrogen-bond acceptors (Lipinski definition) is 6. The molecule has 0 atom stereocenters. The number of benzene rings is 2. The van der Waals surface area contributed by atoms with Crippen molar-refractivity contribution in [3.63, 3.8) is 0 Å². The minimum atomic E-state index is 0.530. The molecule has 5 heterocycles. The second-order valence-electron chi connectivity index (χ2n) is 7.47. The summed E-state index contributed by atoms with van der Waals surface area (Å²) in [5, 5.41) is 11.4. The maximum Gasteiger partial charge on any atom is 0.318 e. The Kier molecular flexibility index (Phi) is 3.49. The molecule has 7 rings (SSSR count). The first kappa shape index (κ1) is 15.6. The van der Waals surface area contributed by atoms with Crippen LogP contribution in [-0.4, -0.2) is 47.3 Å². The molecule has 6 heteroatoms. The van der Waals surface area contributed by atoms with Crippen molar-refractivity contribution in [1.29, 1.82) is 0 Å². The van der Waals surface area contributed by atoms with Crippen molar-refractivity contribution in [1.82, 2.24) is 15.1 Å². The maximum atomic E-state index is 6.13. The zero-order chi connectivity index (χ0) is 17.8. The summed E-state index contributed by atoms with van der Waals surface area (Å²) in [6.45, 7) is 4.43. The molecular weight excluding hydrogens is 356 g/mol. The van der Waals surface area contributed by atoms with Gasteiger partial charge in [0.1, 0.15) is 0 Å². The van der Waals surface area contributed by atoms with Gasteiger partial charge in [0.15, 0.2) is 0 Å². The van der Waals surface area contributed by atoms with Crippen molar-refractivity contribution in [2.24, 2.45) is 0 Å². The van der Waals surface area contributed by atoms with E-state index in [1.54, 1.807) is 0 Å². The highest BCUT2D eigenvalue weighted by atomic mass is 32.1. The predicted molar refractivity (Wildman–Crippen MR) is 109 cm³/mol. The van der Waals surface area contributed by atoms with Gasteiger partial charge >= 0.3 is 6.01 Å². The third-order valence-corrected chi connectivity index (χ3v) is 7.07. The Morgan fingerprint density at radius 1 is 0.889 bits per heavy atom. The molecule has 0 spiro atoms. The Bertz CT molecular complexity index is 1130. The van der Waals surface area contributed by atoms with Gasteiger partial charge in [-0.05, 0) is 31.0 Å².